The fourth-order valence-electron chi connectivity index (χ4n) is 3.65. The molecule has 1 heterocycles. The highest BCUT2D eigenvalue weighted by molar-refractivity contribution is 7.89. The molecule has 1 N–H and O–H groups in total. The minimum absolute atomic E-state index is 0.206. The van der Waals surface area contributed by atoms with Gasteiger partial charge in [0.15, 0.2) is 0 Å². The van der Waals surface area contributed by atoms with Crippen molar-refractivity contribution in [3.63, 3.8) is 0 Å². The van der Waals surface area contributed by atoms with Crippen LogP contribution in [0.25, 0.3) is 11.1 Å². The summed E-state index contributed by atoms with van der Waals surface area (Å²) in [6, 6.07) is 24.7. The van der Waals surface area contributed by atoms with E-state index in [1.807, 2.05) is 42.5 Å². The van der Waals surface area contributed by atoms with Gasteiger partial charge in [0.25, 0.3) is 0 Å². The maximum atomic E-state index is 12.7. The van der Waals surface area contributed by atoms with Crippen molar-refractivity contribution in [3.05, 3.63) is 90.0 Å². The highest BCUT2D eigenvalue weighted by Crippen LogP contribution is 2.19. The fraction of sp³-hybridized carbons (Fsp3) is 0.231. The number of hydrogen-bond donors (Lipinski definition) is 1. The summed E-state index contributed by atoms with van der Waals surface area (Å²) < 4.78 is 32.0. The van der Waals surface area contributed by atoms with Gasteiger partial charge in [-0.1, -0.05) is 66.7 Å². The third kappa shape index (κ3) is 6.17. The molecular weight excluding hydrogens is 450 g/mol. The van der Waals surface area contributed by atoms with Gasteiger partial charge in [-0.05, 0) is 40.8 Å². The second-order valence-electron chi connectivity index (χ2n) is 7.94. The Kier molecular flexibility index (Phi) is 7.84. The molecule has 0 unspecified atom stereocenters. The van der Waals surface area contributed by atoms with Gasteiger partial charge in [-0.15, -0.1) is 0 Å². The number of aryl methyl sites for hydroxylation is 1. The predicted octanol–water partition coefficient (Wildman–Crippen LogP) is 3.46. The first-order chi connectivity index (χ1) is 16.5. The molecule has 1 saturated heterocycles. The van der Waals surface area contributed by atoms with Crippen LogP contribution >= 0.6 is 0 Å². The van der Waals surface area contributed by atoms with E-state index >= 15 is 0 Å². The van der Waals surface area contributed by atoms with Crippen LogP contribution < -0.4 is 5.43 Å². The van der Waals surface area contributed by atoms with Gasteiger partial charge in [0.05, 0.1) is 24.3 Å². The largest absolute Gasteiger partial charge is 0.379 e. The Morgan fingerprint density at radius 2 is 1.56 bits per heavy atom. The predicted molar refractivity (Wildman–Crippen MR) is 132 cm³/mol. The first kappa shape index (κ1) is 23.8. The molecule has 0 spiro atoms. The van der Waals surface area contributed by atoms with Crippen molar-refractivity contribution in [2.24, 2.45) is 5.10 Å². The summed E-state index contributed by atoms with van der Waals surface area (Å²) >= 11 is 0. The Morgan fingerprint density at radius 3 is 2.24 bits per heavy atom. The van der Waals surface area contributed by atoms with Crippen LogP contribution in [0, 0.1) is 0 Å². The summed E-state index contributed by atoms with van der Waals surface area (Å²) in [5, 5.41) is 4.03. The maximum absolute atomic E-state index is 12.7. The lowest BCUT2D eigenvalue weighted by Gasteiger charge is -2.26. The van der Waals surface area contributed by atoms with Gasteiger partial charge in [0.1, 0.15) is 0 Å². The maximum Gasteiger partial charge on any atom is 0.243 e. The van der Waals surface area contributed by atoms with Crippen LogP contribution in [0.1, 0.15) is 17.5 Å². The number of hydrogen-bond acceptors (Lipinski definition) is 5. The SMILES string of the molecule is O=C(CCc1ccc(S(=O)(=O)N2CCOCC2)cc1)N/N=C/c1ccc(-c2ccccc2)cc1. The lowest BCUT2D eigenvalue weighted by atomic mass is 10.0. The number of sulfonamides is 1. The number of amides is 1. The number of nitrogens with one attached hydrogen (secondary N) is 1. The van der Waals surface area contributed by atoms with Gasteiger partial charge in [-0.2, -0.15) is 9.41 Å². The summed E-state index contributed by atoms with van der Waals surface area (Å²) in [6.07, 6.45) is 2.35. The molecular formula is C26H27N3O4S. The van der Waals surface area contributed by atoms with Crippen molar-refractivity contribution in [3.8, 4) is 11.1 Å². The van der Waals surface area contributed by atoms with Gasteiger partial charge in [0.2, 0.25) is 15.9 Å². The number of benzene rings is 3. The zero-order valence-electron chi connectivity index (χ0n) is 18.8. The number of carbonyl (C=O) groups excluding carboxylic acids is 1. The minimum Gasteiger partial charge on any atom is -0.379 e. The van der Waals surface area contributed by atoms with Crippen LogP contribution in [0.2, 0.25) is 0 Å². The smallest absolute Gasteiger partial charge is 0.243 e. The first-order valence-electron chi connectivity index (χ1n) is 11.2. The zero-order valence-corrected chi connectivity index (χ0v) is 19.6. The summed E-state index contributed by atoms with van der Waals surface area (Å²) in [7, 11) is -3.51. The summed E-state index contributed by atoms with van der Waals surface area (Å²) in [6.45, 7) is 1.55. The van der Waals surface area contributed by atoms with Crippen LogP contribution in [-0.4, -0.2) is 51.1 Å². The van der Waals surface area contributed by atoms with E-state index in [1.165, 1.54) is 4.31 Å². The van der Waals surface area contributed by atoms with Gasteiger partial charge >= 0.3 is 0 Å². The van der Waals surface area contributed by atoms with Crippen molar-refractivity contribution in [2.45, 2.75) is 17.7 Å². The Bertz CT molecular complexity index is 1220. The summed E-state index contributed by atoms with van der Waals surface area (Å²) in [4.78, 5) is 12.4. The van der Waals surface area contributed by atoms with E-state index in [0.29, 0.717) is 32.7 Å². The Hall–Kier alpha value is -3.33. The molecule has 0 aromatic heterocycles. The molecule has 1 aliphatic heterocycles. The zero-order chi connectivity index (χ0) is 23.8. The van der Waals surface area contributed by atoms with Crippen LogP contribution in [0.4, 0.5) is 0 Å². The molecule has 0 atom stereocenters. The van der Waals surface area contributed by atoms with E-state index in [-0.39, 0.29) is 17.2 Å². The summed E-state index contributed by atoms with van der Waals surface area (Å²) in [5.41, 5.74) is 6.58. The number of ether oxygens (including phenoxy) is 1. The van der Waals surface area contributed by atoms with Crippen LogP contribution in [0.3, 0.4) is 0 Å². The van der Waals surface area contributed by atoms with Gasteiger partial charge in [-0.3, -0.25) is 4.79 Å². The molecule has 1 fully saturated rings. The number of nitrogens with zero attached hydrogens (tertiary/aromatic N) is 2. The highest BCUT2D eigenvalue weighted by atomic mass is 32.2. The highest BCUT2D eigenvalue weighted by Gasteiger charge is 2.26. The lowest BCUT2D eigenvalue weighted by molar-refractivity contribution is -0.121. The normalized spacial score (nSPS) is 14.8. The van der Waals surface area contributed by atoms with E-state index in [1.54, 1.807) is 30.5 Å². The van der Waals surface area contributed by atoms with Gasteiger partial charge in [0, 0.05) is 19.5 Å². The second kappa shape index (κ2) is 11.2. The van der Waals surface area contributed by atoms with E-state index in [4.69, 9.17) is 4.74 Å². The molecule has 1 amide bonds. The fourth-order valence-corrected chi connectivity index (χ4v) is 5.06. The lowest BCUT2D eigenvalue weighted by Crippen LogP contribution is -2.40. The molecule has 8 heteroatoms. The van der Waals surface area contributed by atoms with Gasteiger partial charge in [-0.25, -0.2) is 13.8 Å². The van der Waals surface area contributed by atoms with Crippen LogP contribution in [0.15, 0.2) is 88.9 Å². The molecule has 0 radical (unpaired) electrons. The monoisotopic (exact) mass is 477 g/mol. The Labute approximate surface area is 200 Å². The molecule has 0 aliphatic carbocycles. The number of morpholine rings is 1. The minimum atomic E-state index is -3.51. The molecule has 7 nitrogen and oxygen atoms in total. The average molecular weight is 478 g/mol. The number of rotatable bonds is 8. The van der Waals surface area contributed by atoms with Crippen LogP contribution in [0.5, 0.6) is 0 Å². The van der Waals surface area contributed by atoms with Gasteiger partial charge < -0.3 is 4.74 Å². The number of hydrazone groups is 1. The summed E-state index contributed by atoms with van der Waals surface area (Å²) in [5.74, 6) is -0.206. The first-order valence-corrected chi connectivity index (χ1v) is 12.6. The Morgan fingerprint density at radius 1 is 0.912 bits per heavy atom. The van der Waals surface area contributed by atoms with Crippen molar-refractivity contribution >= 4 is 22.1 Å². The number of carbonyl (C=O) groups is 1. The van der Waals surface area contributed by atoms with E-state index in [2.05, 4.69) is 22.7 Å². The van der Waals surface area contributed by atoms with Crippen molar-refractivity contribution in [1.29, 1.82) is 0 Å². The van der Waals surface area contributed by atoms with Crippen LogP contribution in [-0.2, 0) is 26.0 Å². The third-order valence-electron chi connectivity index (χ3n) is 5.59. The van der Waals surface area contributed by atoms with E-state index in [9.17, 15) is 13.2 Å². The topological polar surface area (TPSA) is 88.1 Å². The third-order valence-corrected chi connectivity index (χ3v) is 7.51. The molecule has 34 heavy (non-hydrogen) atoms. The molecule has 176 valence electrons. The van der Waals surface area contributed by atoms with Crippen molar-refractivity contribution in [2.75, 3.05) is 26.3 Å². The Balaban J connectivity index is 1.25. The van der Waals surface area contributed by atoms with Crippen molar-refractivity contribution < 1.29 is 17.9 Å². The molecule has 0 saturated carbocycles. The average Bonchev–Trinajstić information content (AvgIpc) is 2.89. The second-order valence-corrected chi connectivity index (χ2v) is 9.88. The van der Waals surface area contributed by atoms with E-state index < -0.39 is 10.0 Å². The van der Waals surface area contributed by atoms with E-state index in [0.717, 1.165) is 22.3 Å². The standard InChI is InChI=1S/C26H27N3O4S/c30-26(28-27-20-22-6-11-24(12-7-22)23-4-2-1-3-5-23)15-10-21-8-13-25(14-9-21)34(31,32)29-16-18-33-19-17-29/h1-9,11-14,20H,10,15-19H2,(H,28,30)/b27-20+. The van der Waals surface area contributed by atoms with Crippen molar-refractivity contribution in [1.82, 2.24) is 9.73 Å². The molecule has 1 aliphatic rings. The quantitative estimate of drug-likeness (QED) is 0.398. The molecule has 3 aromatic rings. The molecule has 4 rings (SSSR count). The molecule has 0 bridgehead atoms. The molecule has 3 aromatic carbocycles.